The van der Waals surface area contributed by atoms with Crippen LogP contribution in [0.15, 0.2) is 0 Å². The second-order valence-corrected chi connectivity index (χ2v) is 4.52. The van der Waals surface area contributed by atoms with Gasteiger partial charge in [0.1, 0.15) is 0 Å². The molecule has 72 valence electrons. The van der Waals surface area contributed by atoms with Crippen molar-refractivity contribution in [3.63, 3.8) is 0 Å². The molecule has 0 spiro atoms. The lowest BCUT2D eigenvalue weighted by atomic mass is 9.91. The molecule has 0 saturated carbocycles. The molecule has 0 amide bonds. The molecule has 1 heteroatoms. The standard InChI is InChI=1S/C11H23N/c1-10(2)4-3-5-11-6-8-12-9-7-11/h10-12H,3-9H2,1-2H3. The maximum absolute atomic E-state index is 3.41. The number of hydrogen-bond donors (Lipinski definition) is 1. The van der Waals surface area contributed by atoms with Crippen molar-refractivity contribution in [3.8, 4) is 0 Å². The Morgan fingerprint density at radius 3 is 2.50 bits per heavy atom. The van der Waals surface area contributed by atoms with E-state index < -0.39 is 0 Å². The molecule has 0 atom stereocenters. The Morgan fingerprint density at radius 1 is 1.25 bits per heavy atom. The first-order chi connectivity index (χ1) is 5.79. The van der Waals surface area contributed by atoms with Crippen molar-refractivity contribution < 1.29 is 0 Å². The molecule has 0 unspecified atom stereocenters. The van der Waals surface area contributed by atoms with E-state index in [1.807, 2.05) is 0 Å². The maximum atomic E-state index is 3.41. The highest BCUT2D eigenvalue weighted by molar-refractivity contribution is 4.68. The van der Waals surface area contributed by atoms with Crippen LogP contribution in [0.25, 0.3) is 0 Å². The first kappa shape index (κ1) is 10.0. The predicted molar refractivity (Wildman–Crippen MR) is 54.3 cm³/mol. The van der Waals surface area contributed by atoms with Gasteiger partial charge in [-0.2, -0.15) is 0 Å². The van der Waals surface area contributed by atoms with Crippen molar-refractivity contribution in [1.29, 1.82) is 0 Å². The van der Waals surface area contributed by atoms with Crippen molar-refractivity contribution in [3.05, 3.63) is 0 Å². The molecule has 0 aromatic carbocycles. The number of nitrogens with one attached hydrogen (secondary N) is 1. The SMILES string of the molecule is CC(C)CCCC1CCNCC1. The third-order valence-corrected chi connectivity index (χ3v) is 2.85. The summed E-state index contributed by atoms with van der Waals surface area (Å²) in [5.74, 6) is 1.93. The van der Waals surface area contributed by atoms with Gasteiger partial charge in [-0.1, -0.05) is 33.1 Å². The van der Waals surface area contributed by atoms with Gasteiger partial charge in [0, 0.05) is 0 Å². The highest BCUT2D eigenvalue weighted by Gasteiger charge is 2.12. The highest BCUT2D eigenvalue weighted by Crippen LogP contribution is 2.20. The van der Waals surface area contributed by atoms with Gasteiger partial charge in [-0.25, -0.2) is 0 Å². The van der Waals surface area contributed by atoms with Gasteiger partial charge in [-0.05, 0) is 37.8 Å². The Hall–Kier alpha value is -0.0400. The van der Waals surface area contributed by atoms with E-state index in [2.05, 4.69) is 19.2 Å². The molecular formula is C11H23N. The molecule has 1 rings (SSSR count). The summed E-state index contributed by atoms with van der Waals surface area (Å²) in [7, 11) is 0. The van der Waals surface area contributed by atoms with Crippen LogP contribution in [-0.2, 0) is 0 Å². The van der Waals surface area contributed by atoms with Crippen molar-refractivity contribution >= 4 is 0 Å². The zero-order valence-electron chi connectivity index (χ0n) is 8.60. The molecular weight excluding hydrogens is 146 g/mol. The number of rotatable bonds is 4. The lowest BCUT2D eigenvalue weighted by Crippen LogP contribution is -2.27. The molecule has 0 radical (unpaired) electrons. The van der Waals surface area contributed by atoms with Crippen LogP contribution < -0.4 is 5.32 Å². The summed E-state index contributed by atoms with van der Waals surface area (Å²) in [4.78, 5) is 0. The van der Waals surface area contributed by atoms with Crippen LogP contribution in [0.2, 0.25) is 0 Å². The van der Waals surface area contributed by atoms with Crippen molar-refractivity contribution in [1.82, 2.24) is 5.32 Å². The Balaban J connectivity index is 1.98. The van der Waals surface area contributed by atoms with Gasteiger partial charge in [0.05, 0.1) is 0 Å². The minimum Gasteiger partial charge on any atom is -0.317 e. The maximum Gasteiger partial charge on any atom is -0.00463 e. The predicted octanol–water partition coefficient (Wildman–Crippen LogP) is 2.81. The van der Waals surface area contributed by atoms with Crippen LogP contribution in [0.4, 0.5) is 0 Å². The number of piperidine rings is 1. The van der Waals surface area contributed by atoms with Crippen LogP contribution in [-0.4, -0.2) is 13.1 Å². The number of hydrogen-bond acceptors (Lipinski definition) is 1. The summed E-state index contributed by atoms with van der Waals surface area (Å²) in [5.41, 5.74) is 0. The van der Waals surface area contributed by atoms with Crippen LogP contribution in [0.3, 0.4) is 0 Å². The molecule has 1 aliphatic heterocycles. The van der Waals surface area contributed by atoms with Gasteiger partial charge in [0.25, 0.3) is 0 Å². The van der Waals surface area contributed by atoms with E-state index >= 15 is 0 Å². The van der Waals surface area contributed by atoms with Gasteiger partial charge in [-0.15, -0.1) is 0 Å². The molecule has 1 nitrogen and oxygen atoms in total. The Labute approximate surface area is 76.9 Å². The molecule has 1 fully saturated rings. The molecule has 0 aliphatic carbocycles. The van der Waals surface area contributed by atoms with Gasteiger partial charge in [-0.3, -0.25) is 0 Å². The molecule has 12 heavy (non-hydrogen) atoms. The third kappa shape index (κ3) is 4.10. The normalized spacial score (nSPS) is 20.2. The van der Waals surface area contributed by atoms with Crippen LogP contribution in [0.1, 0.15) is 46.0 Å². The van der Waals surface area contributed by atoms with Crippen LogP contribution >= 0.6 is 0 Å². The first-order valence-corrected chi connectivity index (χ1v) is 5.49. The van der Waals surface area contributed by atoms with Crippen LogP contribution in [0, 0.1) is 11.8 Å². The largest absolute Gasteiger partial charge is 0.317 e. The van der Waals surface area contributed by atoms with Crippen molar-refractivity contribution in [2.45, 2.75) is 46.0 Å². The topological polar surface area (TPSA) is 12.0 Å². The average Bonchev–Trinajstić information content (AvgIpc) is 2.05. The monoisotopic (exact) mass is 169 g/mol. The molecule has 1 N–H and O–H groups in total. The van der Waals surface area contributed by atoms with Gasteiger partial charge in [0.2, 0.25) is 0 Å². The van der Waals surface area contributed by atoms with Gasteiger partial charge < -0.3 is 5.32 Å². The second kappa shape index (κ2) is 5.58. The fourth-order valence-corrected chi connectivity index (χ4v) is 1.99. The smallest absolute Gasteiger partial charge is 0.00463 e. The quantitative estimate of drug-likeness (QED) is 0.682. The first-order valence-electron chi connectivity index (χ1n) is 5.49. The van der Waals surface area contributed by atoms with E-state index in [1.165, 1.54) is 45.2 Å². The van der Waals surface area contributed by atoms with E-state index in [-0.39, 0.29) is 0 Å². The molecule has 0 bridgehead atoms. The molecule has 1 aliphatic rings. The highest BCUT2D eigenvalue weighted by atomic mass is 14.9. The summed E-state index contributed by atoms with van der Waals surface area (Å²) in [6.07, 6.45) is 7.17. The van der Waals surface area contributed by atoms with E-state index in [4.69, 9.17) is 0 Å². The molecule has 0 aromatic heterocycles. The Kier molecular flexibility index (Phi) is 4.67. The molecule has 0 aromatic rings. The van der Waals surface area contributed by atoms with E-state index in [0.717, 1.165) is 11.8 Å². The van der Waals surface area contributed by atoms with Crippen molar-refractivity contribution in [2.75, 3.05) is 13.1 Å². The third-order valence-electron chi connectivity index (χ3n) is 2.85. The average molecular weight is 169 g/mol. The minimum absolute atomic E-state index is 0.895. The Morgan fingerprint density at radius 2 is 1.92 bits per heavy atom. The zero-order chi connectivity index (χ0) is 8.81. The summed E-state index contributed by atoms with van der Waals surface area (Å²) in [6, 6.07) is 0. The molecule has 1 saturated heterocycles. The zero-order valence-corrected chi connectivity index (χ0v) is 8.60. The lowest BCUT2D eigenvalue weighted by Gasteiger charge is -2.22. The molecule has 1 heterocycles. The summed E-state index contributed by atoms with van der Waals surface area (Å²) in [6.45, 7) is 7.16. The van der Waals surface area contributed by atoms with Crippen LogP contribution in [0.5, 0.6) is 0 Å². The second-order valence-electron chi connectivity index (χ2n) is 4.52. The van der Waals surface area contributed by atoms with Gasteiger partial charge >= 0.3 is 0 Å². The Bertz CT molecular complexity index is 104. The summed E-state index contributed by atoms with van der Waals surface area (Å²) < 4.78 is 0. The van der Waals surface area contributed by atoms with E-state index in [1.54, 1.807) is 0 Å². The fraction of sp³-hybridized carbons (Fsp3) is 1.00. The minimum atomic E-state index is 0.895. The van der Waals surface area contributed by atoms with Crippen molar-refractivity contribution in [2.24, 2.45) is 11.8 Å². The van der Waals surface area contributed by atoms with Gasteiger partial charge in [0.15, 0.2) is 0 Å². The lowest BCUT2D eigenvalue weighted by molar-refractivity contribution is 0.336. The summed E-state index contributed by atoms with van der Waals surface area (Å²) >= 11 is 0. The summed E-state index contributed by atoms with van der Waals surface area (Å²) in [5, 5.41) is 3.41. The van der Waals surface area contributed by atoms with E-state index in [0.29, 0.717) is 0 Å². The van der Waals surface area contributed by atoms with E-state index in [9.17, 15) is 0 Å². The fourth-order valence-electron chi connectivity index (χ4n) is 1.99.